The molecule has 3 rings (SSSR count). The lowest BCUT2D eigenvalue weighted by molar-refractivity contribution is -0.143. The van der Waals surface area contributed by atoms with Gasteiger partial charge in [0.05, 0.1) is 23.6 Å². The number of hydrazine groups is 1. The SMILES string of the molecule is CNN1C(=O)CNc2cc(F)c(-n3c(=O)cc(C(F)(F)F)n(N)c3=O)cc21. The Morgan fingerprint density at radius 3 is 2.41 bits per heavy atom. The van der Waals surface area contributed by atoms with E-state index in [2.05, 4.69) is 10.7 Å². The van der Waals surface area contributed by atoms with Crippen LogP contribution in [0.3, 0.4) is 0 Å². The zero-order valence-corrected chi connectivity index (χ0v) is 13.6. The Balaban J connectivity index is 2.29. The molecule has 27 heavy (non-hydrogen) atoms. The highest BCUT2D eigenvalue weighted by atomic mass is 19.4. The Labute approximate surface area is 147 Å². The van der Waals surface area contributed by atoms with Gasteiger partial charge in [0.15, 0.2) is 5.69 Å². The molecule has 1 aliphatic rings. The quantitative estimate of drug-likeness (QED) is 0.484. The van der Waals surface area contributed by atoms with Crippen molar-refractivity contribution >= 4 is 17.3 Å². The van der Waals surface area contributed by atoms with Gasteiger partial charge in [-0.1, -0.05) is 0 Å². The van der Waals surface area contributed by atoms with Crippen molar-refractivity contribution in [3.8, 4) is 5.69 Å². The number of nitrogens with one attached hydrogen (secondary N) is 2. The number of rotatable bonds is 2. The van der Waals surface area contributed by atoms with Crippen molar-refractivity contribution in [2.75, 3.05) is 29.8 Å². The van der Waals surface area contributed by atoms with Crippen LogP contribution in [0.25, 0.3) is 5.69 Å². The van der Waals surface area contributed by atoms with E-state index in [0.29, 0.717) is 0 Å². The third-order valence-corrected chi connectivity index (χ3v) is 3.88. The summed E-state index contributed by atoms with van der Waals surface area (Å²) < 4.78 is 52.9. The van der Waals surface area contributed by atoms with Crippen LogP contribution in [0.2, 0.25) is 0 Å². The monoisotopic (exact) mass is 388 g/mol. The number of halogens is 4. The molecule has 1 aromatic carbocycles. The molecule has 0 spiro atoms. The van der Waals surface area contributed by atoms with Crippen LogP contribution in [0.15, 0.2) is 27.8 Å². The minimum Gasteiger partial charge on any atom is -0.374 e. The summed E-state index contributed by atoms with van der Waals surface area (Å²) in [6, 6.07) is 1.96. The number of hydrogen-bond acceptors (Lipinski definition) is 6. The van der Waals surface area contributed by atoms with Gasteiger partial charge in [-0.2, -0.15) is 13.2 Å². The van der Waals surface area contributed by atoms with Crippen molar-refractivity contribution in [3.63, 3.8) is 0 Å². The molecule has 2 aromatic rings. The first-order chi connectivity index (χ1) is 12.6. The minimum atomic E-state index is -5.06. The molecule has 1 aromatic heterocycles. The number of alkyl halides is 3. The Hall–Kier alpha value is -3.35. The fourth-order valence-electron chi connectivity index (χ4n) is 2.67. The minimum absolute atomic E-state index is 0.0694. The first-order valence-electron chi connectivity index (χ1n) is 7.35. The summed E-state index contributed by atoms with van der Waals surface area (Å²) in [5.74, 6) is 3.63. The molecule has 0 saturated heterocycles. The van der Waals surface area contributed by atoms with Gasteiger partial charge >= 0.3 is 11.9 Å². The summed E-state index contributed by atoms with van der Waals surface area (Å²) >= 11 is 0. The number of anilines is 2. The second-order valence-electron chi connectivity index (χ2n) is 5.48. The number of amides is 1. The third-order valence-electron chi connectivity index (χ3n) is 3.88. The molecule has 1 amide bonds. The lowest BCUT2D eigenvalue weighted by atomic mass is 10.1. The van der Waals surface area contributed by atoms with E-state index in [0.717, 1.165) is 17.1 Å². The summed E-state index contributed by atoms with van der Waals surface area (Å²) in [4.78, 5) is 36.2. The predicted octanol–water partition coefficient (Wildman–Crippen LogP) is -0.236. The van der Waals surface area contributed by atoms with Gasteiger partial charge in [-0.15, -0.1) is 0 Å². The van der Waals surface area contributed by atoms with Gasteiger partial charge in [-0.05, 0) is 6.07 Å². The van der Waals surface area contributed by atoms with Crippen molar-refractivity contribution < 1.29 is 22.4 Å². The second kappa shape index (κ2) is 6.12. The highest BCUT2D eigenvalue weighted by Gasteiger charge is 2.36. The maximum Gasteiger partial charge on any atom is 0.433 e. The van der Waals surface area contributed by atoms with Crippen molar-refractivity contribution in [1.29, 1.82) is 0 Å². The molecule has 1 aliphatic heterocycles. The van der Waals surface area contributed by atoms with E-state index in [1.54, 1.807) is 0 Å². The molecule has 0 aliphatic carbocycles. The average Bonchev–Trinajstić information content (AvgIpc) is 2.58. The summed E-state index contributed by atoms with van der Waals surface area (Å²) in [5, 5.41) is 3.68. The first-order valence-corrected chi connectivity index (χ1v) is 7.35. The number of nitrogen functional groups attached to an aromatic ring is 1. The van der Waals surface area contributed by atoms with E-state index in [1.807, 2.05) is 0 Å². The molecule has 0 bridgehead atoms. The lowest BCUT2D eigenvalue weighted by Gasteiger charge is -2.29. The average molecular weight is 388 g/mol. The van der Waals surface area contributed by atoms with Crippen LogP contribution in [0.1, 0.15) is 5.69 Å². The van der Waals surface area contributed by atoms with Gasteiger partial charge in [0, 0.05) is 19.2 Å². The van der Waals surface area contributed by atoms with Crippen molar-refractivity contribution in [2.45, 2.75) is 6.18 Å². The smallest absolute Gasteiger partial charge is 0.374 e. The largest absolute Gasteiger partial charge is 0.433 e. The van der Waals surface area contributed by atoms with Crippen LogP contribution in [-0.4, -0.2) is 28.7 Å². The molecule has 0 fully saturated rings. The molecule has 0 radical (unpaired) electrons. The van der Waals surface area contributed by atoms with Crippen LogP contribution >= 0.6 is 0 Å². The summed E-state index contributed by atoms with van der Waals surface area (Å²) in [6.45, 7) is -0.136. The first kappa shape index (κ1) is 18.4. The maximum atomic E-state index is 14.5. The van der Waals surface area contributed by atoms with Gasteiger partial charge in [0.2, 0.25) is 0 Å². The molecular formula is C14H12F4N6O3. The fraction of sp³-hybridized carbons (Fsp3) is 0.214. The molecule has 9 nitrogen and oxygen atoms in total. The number of carbonyl (C=O) groups excluding carboxylic acids is 1. The normalized spacial score (nSPS) is 14.1. The van der Waals surface area contributed by atoms with Crippen molar-refractivity contribution in [1.82, 2.24) is 14.7 Å². The second-order valence-corrected chi connectivity index (χ2v) is 5.48. The van der Waals surface area contributed by atoms with Gasteiger partial charge in [0.25, 0.3) is 11.5 Å². The topological polar surface area (TPSA) is 114 Å². The van der Waals surface area contributed by atoms with E-state index in [1.165, 1.54) is 7.05 Å². The zero-order chi connectivity index (χ0) is 20.1. The Morgan fingerprint density at radius 1 is 1.15 bits per heavy atom. The molecule has 0 saturated carbocycles. The number of benzene rings is 1. The fourth-order valence-corrected chi connectivity index (χ4v) is 2.67. The molecule has 144 valence electrons. The van der Waals surface area contributed by atoms with E-state index in [-0.39, 0.29) is 33.2 Å². The zero-order valence-electron chi connectivity index (χ0n) is 13.6. The predicted molar refractivity (Wildman–Crippen MR) is 86.4 cm³/mol. The molecule has 0 atom stereocenters. The van der Waals surface area contributed by atoms with Crippen LogP contribution < -0.4 is 32.8 Å². The van der Waals surface area contributed by atoms with Gasteiger partial charge in [0.1, 0.15) is 5.82 Å². The standard InChI is InChI=1S/C14H12F4N6O3/c1-20-24-9-3-8(6(15)2-7(9)21-5-12(24)26)22-11(25)4-10(14(16,17)18)23(19)13(22)27/h2-4,20-21H,5,19H2,1H3. The Kier molecular flexibility index (Phi) is 4.18. The van der Waals surface area contributed by atoms with Gasteiger partial charge < -0.3 is 11.2 Å². The van der Waals surface area contributed by atoms with Gasteiger partial charge in [-0.25, -0.2) is 28.9 Å². The Morgan fingerprint density at radius 2 is 1.81 bits per heavy atom. The summed E-state index contributed by atoms with van der Waals surface area (Å²) in [5.41, 5.74) is -2.56. The Bertz CT molecular complexity index is 1060. The number of aromatic nitrogens is 2. The van der Waals surface area contributed by atoms with E-state index >= 15 is 0 Å². The molecule has 2 heterocycles. The van der Waals surface area contributed by atoms with Crippen LogP contribution in [0, 0.1) is 5.82 Å². The highest BCUT2D eigenvalue weighted by Crippen LogP contribution is 2.32. The number of carbonyl (C=O) groups is 1. The summed E-state index contributed by atoms with van der Waals surface area (Å²) in [7, 11) is 1.41. The van der Waals surface area contributed by atoms with Crippen LogP contribution in [0.4, 0.5) is 28.9 Å². The molecule has 4 N–H and O–H groups in total. The number of hydrogen-bond donors (Lipinski definition) is 3. The third kappa shape index (κ3) is 2.91. The summed E-state index contributed by atoms with van der Waals surface area (Å²) in [6.07, 6.45) is -5.06. The molecule has 13 heteroatoms. The molecule has 0 unspecified atom stereocenters. The van der Waals surface area contributed by atoms with Crippen molar-refractivity contribution in [2.24, 2.45) is 0 Å². The lowest BCUT2D eigenvalue weighted by Crippen LogP contribution is -2.48. The number of nitrogens with two attached hydrogens (primary N) is 1. The van der Waals surface area contributed by atoms with E-state index < -0.39 is 40.5 Å². The van der Waals surface area contributed by atoms with Crippen LogP contribution in [0.5, 0.6) is 0 Å². The molecular weight excluding hydrogens is 376 g/mol. The van der Waals surface area contributed by atoms with Gasteiger partial charge in [-0.3, -0.25) is 9.59 Å². The van der Waals surface area contributed by atoms with Crippen LogP contribution in [-0.2, 0) is 11.0 Å². The highest BCUT2D eigenvalue weighted by molar-refractivity contribution is 6.02. The van der Waals surface area contributed by atoms with E-state index in [4.69, 9.17) is 5.84 Å². The number of fused-ring (bicyclic) bond motifs is 1. The number of nitrogens with zero attached hydrogens (tertiary/aromatic N) is 3. The van der Waals surface area contributed by atoms with Crippen molar-refractivity contribution in [3.05, 3.63) is 50.5 Å². The van der Waals surface area contributed by atoms with E-state index in [9.17, 15) is 31.9 Å². The maximum absolute atomic E-state index is 14.5.